The van der Waals surface area contributed by atoms with Gasteiger partial charge in [-0.1, -0.05) is 35.9 Å². The number of ether oxygens (including phenoxy) is 3. The largest absolute Gasteiger partial charge is 0.492 e. The Hall–Kier alpha value is -2.85. The molecule has 5 heteroatoms. The zero-order chi connectivity index (χ0) is 19.6. The monoisotopic (exact) mass is 397 g/mol. The molecule has 0 spiro atoms. The summed E-state index contributed by atoms with van der Waals surface area (Å²) >= 11 is 6.03. The quantitative estimate of drug-likeness (QED) is 0.452. The zero-order valence-corrected chi connectivity index (χ0v) is 16.6. The van der Waals surface area contributed by atoms with Gasteiger partial charge in [0.05, 0.1) is 0 Å². The lowest BCUT2D eigenvalue weighted by atomic mass is 10.2. The fourth-order valence-corrected chi connectivity index (χ4v) is 2.72. The van der Waals surface area contributed by atoms with Gasteiger partial charge >= 0.3 is 0 Å². The van der Waals surface area contributed by atoms with Gasteiger partial charge in [0.2, 0.25) is 0 Å². The summed E-state index contributed by atoms with van der Waals surface area (Å²) in [6, 6.07) is 23.2. The van der Waals surface area contributed by atoms with E-state index >= 15 is 0 Å². The number of aryl methyl sites for hydroxylation is 1. The van der Waals surface area contributed by atoms with Crippen molar-refractivity contribution >= 4 is 17.3 Å². The third kappa shape index (κ3) is 6.39. The summed E-state index contributed by atoms with van der Waals surface area (Å²) in [5, 5.41) is 4.08. The van der Waals surface area contributed by atoms with E-state index in [4.69, 9.17) is 25.8 Å². The summed E-state index contributed by atoms with van der Waals surface area (Å²) in [4.78, 5) is 0. The molecule has 0 aromatic heterocycles. The Morgan fingerprint density at radius 3 is 2.18 bits per heavy atom. The van der Waals surface area contributed by atoms with Crippen LogP contribution < -0.4 is 19.5 Å². The molecule has 0 fully saturated rings. The lowest BCUT2D eigenvalue weighted by molar-refractivity contribution is 0.217. The summed E-state index contributed by atoms with van der Waals surface area (Å²) in [7, 11) is 0. The average Bonchev–Trinajstić information content (AvgIpc) is 2.72. The molecule has 0 aliphatic rings. The molecule has 3 aromatic rings. The second kappa shape index (κ2) is 10.5. The molecule has 28 heavy (non-hydrogen) atoms. The molecule has 0 amide bonds. The Labute approximate surface area is 171 Å². The molecule has 0 aliphatic carbocycles. The predicted molar refractivity (Wildman–Crippen MR) is 114 cm³/mol. The third-order valence-corrected chi connectivity index (χ3v) is 4.45. The molecule has 0 saturated carbocycles. The number of hydrogen-bond acceptors (Lipinski definition) is 4. The third-order valence-electron chi connectivity index (χ3n) is 4.03. The Bertz CT molecular complexity index is 871. The average molecular weight is 398 g/mol. The van der Waals surface area contributed by atoms with E-state index in [0.29, 0.717) is 26.4 Å². The SMILES string of the molecule is Cc1cc(OCCNc2cccc(OCCOc3ccccc3)c2)ccc1Cl. The van der Waals surface area contributed by atoms with E-state index in [1.54, 1.807) is 0 Å². The van der Waals surface area contributed by atoms with E-state index in [0.717, 1.165) is 33.5 Å². The predicted octanol–water partition coefficient (Wildman–Crippen LogP) is 5.60. The highest BCUT2D eigenvalue weighted by molar-refractivity contribution is 6.31. The van der Waals surface area contributed by atoms with Crippen LogP contribution in [-0.2, 0) is 0 Å². The summed E-state index contributed by atoms with van der Waals surface area (Å²) < 4.78 is 17.1. The van der Waals surface area contributed by atoms with Crippen LogP contribution in [0.5, 0.6) is 17.2 Å². The van der Waals surface area contributed by atoms with Crippen molar-refractivity contribution in [2.45, 2.75) is 6.92 Å². The van der Waals surface area contributed by atoms with E-state index in [9.17, 15) is 0 Å². The second-order valence-electron chi connectivity index (χ2n) is 6.22. The van der Waals surface area contributed by atoms with Gasteiger partial charge < -0.3 is 19.5 Å². The van der Waals surface area contributed by atoms with Crippen LogP contribution in [0.15, 0.2) is 72.8 Å². The van der Waals surface area contributed by atoms with Crippen LogP contribution in [0.4, 0.5) is 5.69 Å². The van der Waals surface area contributed by atoms with Crippen LogP contribution in [0.1, 0.15) is 5.56 Å². The Balaban J connectivity index is 1.37. The second-order valence-corrected chi connectivity index (χ2v) is 6.63. The maximum absolute atomic E-state index is 6.03. The van der Waals surface area contributed by atoms with E-state index < -0.39 is 0 Å². The van der Waals surface area contributed by atoms with Crippen molar-refractivity contribution < 1.29 is 14.2 Å². The molecule has 146 valence electrons. The van der Waals surface area contributed by atoms with Gasteiger partial charge in [-0.3, -0.25) is 0 Å². The van der Waals surface area contributed by atoms with Crippen LogP contribution >= 0.6 is 11.6 Å². The molecule has 0 bridgehead atoms. The van der Waals surface area contributed by atoms with Crippen LogP contribution in [0.25, 0.3) is 0 Å². The lowest BCUT2D eigenvalue weighted by Gasteiger charge is -2.12. The number of benzene rings is 3. The number of nitrogens with one attached hydrogen (secondary N) is 1. The number of hydrogen-bond donors (Lipinski definition) is 1. The van der Waals surface area contributed by atoms with Crippen LogP contribution in [0, 0.1) is 6.92 Å². The van der Waals surface area contributed by atoms with Crippen LogP contribution in [-0.4, -0.2) is 26.4 Å². The topological polar surface area (TPSA) is 39.7 Å². The summed E-state index contributed by atoms with van der Waals surface area (Å²) in [5.74, 6) is 2.47. The van der Waals surface area contributed by atoms with Crippen molar-refractivity contribution in [1.29, 1.82) is 0 Å². The van der Waals surface area contributed by atoms with Gasteiger partial charge in [0.1, 0.15) is 37.1 Å². The van der Waals surface area contributed by atoms with Crippen molar-refractivity contribution in [2.24, 2.45) is 0 Å². The fourth-order valence-electron chi connectivity index (χ4n) is 2.60. The highest BCUT2D eigenvalue weighted by Gasteiger charge is 2.00. The van der Waals surface area contributed by atoms with Gasteiger partial charge in [0.25, 0.3) is 0 Å². The summed E-state index contributed by atoms with van der Waals surface area (Å²) in [6.45, 7) is 4.18. The highest BCUT2D eigenvalue weighted by atomic mass is 35.5. The van der Waals surface area contributed by atoms with E-state index in [1.807, 2.05) is 79.7 Å². The Kier molecular flexibility index (Phi) is 7.44. The minimum absolute atomic E-state index is 0.484. The molecule has 0 atom stereocenters. The molecule has 3 aromatic carbocycles. The van der Waals surface area contributed by atoms with E-state index in [1.165, 1.54) is 0 Å². The first-order chi connectivity index (χ1) is 13.7. The Morgan fingerprint density at radius 1 is 0.714 bits per heavy atom. The van der Waals surface area contributed by atoms with Gasteiger partial charge in [-0.25, -0.2) is 0 Å². The minimum Gasteiger partial charge on any atom is -0.492 e. The molecular formula is C23H24ClNO3. The molecule has 0 heterocycles. The molecule has 0 saturated heterocycles. The summed E-state index contributed by atoms with van der Waals surface area (Å²) in [6.07, 6.45) is 0. The van der Waals surface area contributed by atoms with Crippen molar-refractivity contribution in [3.8, 4) is 17.2 Å². The van der Waals surface area contributed by atoms with Gasteiger partial charge in [-0.2, -0.15) is 0 Å². The van der Waals surface area contributed by atoms with Gasteiger partial charge in [-0.05, 0) is 55.0 Å². The molecule has 0 aliphatic heterocycles. The summed E-state index contributed by atoms with van der Waals surface area (Å²) in [5.41, 5.74) is 1.99. The normalized spacial score (nSPS) is 10.4. The maximum Gasteiger partial charge on any atom is 0.122 e. The smallest absolute Gasteiger partial charge is 0.122 e. The van der Waals surface area contributed by atoms with E-state index in [-0.39, 0.29) is 0 Å². The van der Waals surface area contributed by atoms with Crippen molar-refractivity contribution in [3.63, 3.8) is 0 Å². The van der Waals surface area contributed by atoms with Crippen molar-refractivity contribution in [3.05, 3.63) is 83.4 Å². The van der Waals surface area contributed by atoms with Gasteiger partial charge in [0, 0.05) is 23.3 Å². The lowest BCUT2D eigenvalue weighted by Crippen LogP contribution is -2.12. The standard InChI is InChI=1S/C23H24ClNO3/c1-18-16-22(10-11-23(18)24)26-13-12-25-19-6-5-9-21(17-19)28-15-14-27-20-7-3-2-4-8-20/h2-11,16-17,25H,12-15H2,1H3. The van der Waals surface area contributed by atoms with E-state index in [2.05, 4.69) is 5.32 Å². The van der Waals surface area contributed by atoms with Crippen LogP contribution in [0.2, 0.25) is 5.02 Å². The molecular weight excluding hydrogens is 374 g/mol. The zero-order valence-electron chi connectivity index (χ0n) is 15.9. The van der Waals surface area contributed by atoms with Crippen LogP contribution in [0.3, 0.4) is 0 Å². The number of anilines is 1. The first-order valence-corrected chi connectivity index (χ1v) is 9.62. The maximum atomic E-state index is 6.03. The molecule has 4 nitrogen and oxygen atoms in total. The first-order valence-electron chi connectivity index (χ1n) is 9.24. The molecule has 1 N–H and O–H groups in total. The number of rotatable bonds is 10. The Morgan fingerprint density at radius 2 is 1.39 bits per heavy atom. The number of halogens is 1. The highest BCUT2D eigenvalue weighted by Crippen LogP contribution is 2.21. The molecule has 0 unspecified atom stereocenters. The molecule has 0 radical (unpaired) electrons. The minimum atomic E-state index is 0.484. The van der Waals surface area contributed by atoms with Gasteiger partial charge in [-0.15, -0.1) is 0 Å². The fraction of sp³-hybridized carbons (Fsp3) is 0.217. The van der Waals surface area contributed by atoms with Gasteiger partial charge in [0.15, 0.2) is 0 Å². The first kappa shape index (κ1) is 19.9. The van der Waals surface area contributed by atoms with Crippen molar-refractivity contribution in [1.82, 2.24) is 0 Å². The van der Waals surface area contributed by atoms with Crippen molar-refractivity contribution in [2.75, 3.05) is 31.7 Å². The molecule has 3 rings (SSSR count). The number of para-hydroxylation sites is 1.